The molecule has 0 radical (unpaired) electrons. The highest BCUT2D eigenvalue weighted by atomic mass is 19.1. The first-order chi connectivity index (χ1) is 11.0. The first kappa shape index (κ1) is 16.2. The van der Waals surface area contributed by atoms with Crippen LogP contribution in [0, 0.1) is 5.82 Å². The molecule has 0 spiro atoms. The van der Waals surface area contributed by atoms with Crippen LogP contribution in [-0.4, -0.2) is 23.6 Å². The minimum absolute atomic E-state index is 0.193. The molecular formula is C17H14FNO4. The quantitative estimate of drug-likeness (QED) is 0.804. The van der Waals surface area contributed by atoms with E-state index in [9.17, 15) is 14.0 Å². The molecule has 0 aliphatic rings. The molecule has 0 heterocycles. The average Bonchev–Trinajstić information content (AvgIpc) is 2.54. The number of nitrogens with one attached hydrogen (secondary N) is 1. The molecule has 0 aromatic heterocycles. The Kier molecular flexibility index (Phi) is 5.46. The first-order valence-corrected chi connectivity index (χ1v) is 6.72. The number of carboxylic acids is 1. The Morgan fingerprint density at radius 3 is 2.35 bits per heavy atom. The molecule has 2 rings (SSSR count). The predicted octanol–water partition coefficient (Wildman–Crippen LogP) is 2.94. The summed E-state index contributed by atoms with van der Waals surface area (Å²) in [6.45, 7) is -0.193. The maximum absolute atomic E-state index is 12.8. The summed E-state index contributed by atoms with van der Waals surface area (Å²) in [7, 11) is 0. The maximum atomic E-state index is 12.8. The largest absolute Gasteiger partial charge is 0.484 e. The van der Waals surface area contributed by atoms with E-state index in [0.717, 1.165) is 6.08 Å². The van der Waals surface area contributed by atoms with Crippen molar-refractivity contribution in [3.05, 3.63) is 66.0 Å². The van der Waals surface area contributed by atoms with E-state index in [1.54, 1.807) is 24.3 Å². The van der Waals surface area contributed by atoms with Crippen LogP contribution in [0.2, 0.25) is 0 Å². The van der Waals surface area contributed by atoms with E-state index in [2.05, 4.69) is 5.32 Å². The minimum Gasteiger partial charge on any atom is -0.484 e. The molecule has 0 bridgehead atoms. The van der Waals surface area contributed by atoms with Crippen LogP contribution in [0.3, 0.4) is 0 Å². The molecule has 0 unspecified atom stereocenters. The monoisotopic (exact) mass is 315 g/mol. The molecule has 2 aromatic carbocycles. The normalized spacial score (nSPS) is 10.5. The van der Waals surface area contributed by atoms with Crippen molar-refractivity contribution in [3.8, 4) is 5.75 Å². The Bertz CT molecular complexity index is 708. The molecule has 0 fully saturated rings. The smallest absolute Gasteiger partial charge is 0.328 e. The lowest BCUT2D eigenvalue weighted by Gasteiger charge is -2.07. The van der Waals surface area contributed by atoms with Crippen LogP contribution in [0.5, 0.6) is 5.75 Å². The Hall–Kier alpha value is -3.15. The Morgan fingerprint density at radius 2 is 1.74 bits per heavy atom. The van der Waals surface area contributed by atoms with E-state index in [4.69, 9.17) is 9.84 Å². The SMILES string of the molecule is O=C(O)/C=C/c1ccc(OCC(=O)Nc2ccc(F)cc2)cc1. The second-order valence-corrected chi connectivity index (χ2v) is 4.58. The molecule has 0 aliphatic carbocycles. The van der Waals surface area contributed by atoms with Crippen molar-refractivity contribution in [2.75, 3.05) is 11.9 Å². The van der Waals surface area contributed by atoms with Gasteiger partial charge in [0.25, 0.3) is 5.91 Å². The number of carbonyl (C=O) groups excluding carboxylic acids is 1. The second kappa shape index (κ2) is 7.74. The van der Waals surface area contributed by atoms with Crippen molar-refractivity contribution in [3.63, 3.8) is 0 Å². The minimum atomic E-state index is -1.03. The average molecular weight is 315 g/mol. The summed E-state index contributed by atoms with van der Waals surface area (Å²) < 4.78 is 18.1. The Labute approximate surface area is 132 Å². The van der Waals surface area contributed by atoms with Gasteiger partial charge in [0, 0.05) is 11.8 Å². The third-order valence-corrected chi connectivity index (χ3v) is 2.80. The predicted molar refractivity (Wildman–Crippen MR) is 83.6 cm³/mol. The highest BCUT2D eigenvalue weighted by Gasteiger charge is 2.04. The summed E-state index contributed by atoms with van der Waals surface area (Å²) in [6, 6.07) is 12.0. The fourth-order valence-electron chi connectivity index (χ4n) is 1.72. The third kappa shape index (κ3) is 5.62. The van der Waals surface area contributed by atoms with Crippen molar-refractivity contribution in [2.45, 2.75) is 0 Å². The summed E-state index contributed by atoms with van der Waals surface area (Å²) in [4.78, 5) is 22.1. The number of carboxylic acid groups (broad SMARTS) is 1. The van der Waals surface area contributed by atoms with Gasteiger partial charge in [0.2, 0.25) is 0 Å². The standard InChI is InChI=1S/C17H14FNO4/c18-13-4-6-14(7-5-13)19-16(20)11-23-15-8-1-12(2-9-15)3-10-17(21)22/h1-10H,11H2,(H,19,20)(H,21,22)/b10-3+. The van der Waals surface area contributed by atoms with Crippen LogP contribution in [0.4, 0.5) is 10.1 Å². The number of amides is 1. The number of benzene rings is 2. The number of ether oxygens (including phenoxy) is 1. The molecule has 0 atom stereocenters. The molecule has 2 aromatic rings. The zero-order chi connectivity index (χ0) is 16.7. The fraction of sp³-hybridized carbons (Fsp3) is 0.0588. The number of hydrogen-bond acceptors (Lipinski definition) is 3. The van der Waals surface area contributed by atoms with Crippen molar-refractivity contribution in [1.82, 2.24) is 0 Å². The van der Waals surface area contributed by atoms with Gasteiger partial charge in [0.1, 0.15) is 11.6 Å². The van der Waals surface area contributed by atoms with Crippen molar-refractivity contribution in [1.29, 1.82) is 0 Å². The zero-order valence-corrected chi connectivity index (χ0v) is 12.0. The molecule has 0 saturated heterocycles. The topological polar surface area (TPSA) is 75.6 Å². The van der Waals surface area contributed by atoms with E-state index in [0.29, 0.717) is 17.0 Å². The van der Waals surface area contributed by atoms with Crippen molar-refractivity contribution in [2.24, 2.45) is 0 Å². The van der Waals surface area contributed by atoms with Gasteiger partial charge in [-0.1, -0.05) is 12.1 Å². The number of rotatable bonds is 6. The van der Waals surface area contributed by atoms with Crippen molar-refractivity contribution < 1.29 is 23.8 Å². The zero-order valence-electron chi connectivity index (χ0n) is 12.0. The number of carbonyl (C=O) groups is 2. The lowest BCUT2D eigenvalue weighted by Crippen LogP contribution is -2.20. The Balaban J connectivity index is 1.84. The van der Waals surface area contributed by atoms with E-state index in [1.165, 1.54) is 30.3 Å². The number of halogens is 1. The van der Waals surface area contributed by atoms with Gasteiger partial charge in [-0.05, 0) is 48.0 Å². The van der Waals surface area contributed by atoms with Gasteiger partial charge in [0.05, 0.1) is 0 Å². The van der Waals surface area contributed by atoms with Crippen LogP contribution in [0.15, 0.2) is 54.6 Å². The van der Waals surface area contributed by atoms with Gasteiger partial charge in [-0.3, -0.25) is 4.79 Å². The molecule has 23 heavy (non-hydrogen) atoms. The number of hydrogen-bond donors (Lipinski definition) is 2. The van der Waals surface area contributed by atoms with Crippen LogP contribution in [-0.2, 0) is 9.59 Å². The Morgan fingerprint density at radius 1 is 1.09 bits per heavy atom. The van der Waals surface area contributed by atoms with E-state index in [-0.39, 0.29) is 18.3 Å². The second-order valence-electron chi connectivity index (χ2n) is 4.58. The van der Waals surface area contributed by atoms with Crippen LogP contribution in [0.1, 0.15) is 5.56 Å². The fourth-order valence-corrected chi connectivity index (χ4v) is 1.72. The van der Waals surface area contributed by atoms with Gasteiger partial charge in [-0.2, -0.15) is 0 Å². The molecule has 5 nitrogen and oxygen atoms in total. The first-order valence-electron chi connectivity index (χ1n) is 6.72. The van der Waals surface area contributed by atoms with Crippen LogP contribution >= 0.6 is 0 Å². The third-order valence-electron chi connectivity index (χ3n) is 2.80. The molecule has 118 valence electrons. The van der Waals surface area contributed by atoms with Gasteiger partial charge < -0.3 is 15.2 Å². The molecule has 0 aliphatic heterocycles. The van der Waals surface area contributed by atoms with Gasteiger partial charge in [-0.25, -0.2) is 9.18 Å². The van der Waals surface area contributed by atoms with Crippen LogP contribution in [0.25, 0.3) is 6.08 Å². The highest BCUT2D eigenvalue weighted by Crippen LogP contribution is 2.13. The number of aliphatic carboxylic acids is 1. The van der Waals surface area contributed by atoms with E-state index >= 15 is 0 Å². The van der Waals surface area contributed by atoms with Crippen LogP contribution < -0.4 is 10.1 Å². The molecular weight excluding hydrogens is 301 g/mol. The lowest BCUT2D eigenvalue weighted by molar-refractivity contribution is -0.131. The molecule has 6 heteroatoms. The van der Waals surface area contributed by atoms with E-state index in [1.807, 2.05) is 0 Å². The summed E-state index contributed by atoms with van der Waals surface area (Å²) >= 11 is 0. The summed E-state index contributed by atoms with van der Waals surface area (Å²) in [6.07, 6.45) is 2.49. The van der Waals surface area contributed by atoms with Gasteiger partial charge in [-0.15, -0.1) is 0 Å². The summed E-state index contributed by atoms with van der Waals surface area (Å²) in [5, 5.41) is 11.1. The molecule has 1 amide bonds. The maximum Gasteiger partial charge on any atom is 0.328 e. The van der Waals surface area contributed by atoms with E-state index < -0.39 is 5.97 Å². The highest BCUT2D eigenvalue weighted by molar-refractivity contribution is 5.91. The summed E-state index contributed by atoms with van der Waals surface area (Å²) in [5.41, 5.74) is 1.18. The van der Waals surface area contributed by atoms with Gasteiger partial charge >= 0.3 is 5.97 Å². The van der Waals surface area contributed by atoms with Gasteiger partial charge in [0.15, 0.2) is 6.61 Å². The molecule has 2 N–H and O–H groups in total. The lowest BCUT2D eigenvalue weighted by atomic mass is 10.2. The van der Waals surface area contributed by atoms with Crippen molar-refractivity contribution >= 4 is 23.6 Å². The number of anilines is 1. The summed E-state index contributed by atoms with van der Waals surface area (Å²) in [5.74, 6) is -1.29. The molecule has 0 saturated carbocycles.